The lowest BCUT2D eigenvalue weighted by molar-refractivity contribution is -0.134. The van der Waals surface area contributed by atoms with Crippen LogP contribution in [0.4, 0.5) is 0 Å². The van der Waals surface area contributed by atoms with Crippen molar-refractivity contribution in [2.24, 2.45) is 4.99 Å². The van der Waals surface area contributed by atoms with Gasteiger partial charge >= 0.3 is 5.97 Å². The summed E-state index contributed by atoms with van der Waals surface area (Å²) in [5, 5.41) is 10.3. The molecule has 0 fully saturated rings. The van der Waals surface area contributed by atoms with E-state index in [9.17, 15) is 4.79 Å². The van der Waals surface area contributed by atoms with Gasteiger partial charge in [0.05, 0.1) is 5.36 Å². The summed E-state index contributed by atoms with van der Waals surface area (Å²) in [6.07, 6.45) is 1.54. The van der Waals surface area contributed by atoms with Crippen LogP contribution in [0.3, 0.4) is 0 Å². The molecule has 1 aliphatic heterocycles. The molecule has 1 N–H and O–H groups in total. The van der Waals surface area contributed by atoms with Crippen molar-refractivity contribution >= 4 is 12.0 Å². The highest BCUT2D eigenvalue weighted by molar-refractivity contribution is 5.92. The highest BCUT2D eigenvalue weighted by Gasteiger charge is 2.19. The van der Waals surface area contributed by atoms with Gasteiger partial charge in [0, 0.05) is 5.22 Å². The van der Waals surface area contributed by atoms with Crippen LogP contribution in [0, 0.1) is 6.04 Å². The monoisotopic (exact) mass is 266 g/mol. The van der Waals surface area contributed by atoms with E-state index < -0.39 is 5.97 Å². The average molecular weight is 266 g/mol. The van der Waals surface area contributed by atoms with Crippen LogP contribution >= 0.6 is 0 Å². The SMILES string of the molecule is O=C(O)[C]1C=c2c(OCc3ccccc3)cccc2=N1. The van der Waals surface area contributed by atoms with Gasteiger partial charge in [0.1, 0.15) is 12.4 Å². The van der Waals surface area contributed by atoms with Crippen LogP contribution in [0.1, 0.15) is 5.56 Å². The summed E-state index contributed by atoms with van der Waals surface area (Å²) in [7, 11) is 0. The van der Waals surface area contributed by atoms with E-state index in [1.807, 2.05) is 36.4 Å². The van der Waals surface area contributed by atoms with E-state index in [1.54, 1.807) is 12.1 Å². The lowest BCUT2D eigenvalue weighted by Crippen LogP contribution is -2.23. The number of hydrogen-bond acceptors (Lipinski definition) is 3. The molecule has 1 radical (unpaired) electrons. The molecule has 1 heterocycles. The van der Waals surface area contributed by atoms with Crippen molar-refractivity contribution in [3.63, 3.8) is 0 Å². The fourth-order valence-corrected chi connectivity index (χ4v) is 2.04. The molecule has 4 heteroatoms. The maximum absolute atomic E-state index is 11.0. The summed E-state index contributed by atoms with van der Waals surface area (Å²) in [4.78, 5) is 15.0. The Hall–Kier alpha value is -2.62. The van der Waals surface area contributed by atoms with Crippen molar-refractivity contribution in [1.82, 2.24) is 0 Å². The number of ether oxygens (including phenoxy) is 1. The summed E-state index contributed by atoms with van der Waals surface area (Å²) in [6, 6.07) is 15.2. The molecule has 0 spiro atoms. The topological polar surface area (TPSA) is 58.9 Å². The molecule has 0 aromatic heterocycles. The van der Waals surface area contributed by atoms with Crippen LogP contribution in [-0.4, -0.2) is 11.1 Å². The maximum Gasteiger partial charge on any atom is 0.339 e. The maximum atomic E-state index is 11.0. The smallest absolute Gasteiger partial charge is 0.339 e. The Morgan fingerprint density at radius 1 is 1.10 bits per heavy atom. The lowest BCUT2D eigenvalue weighted by Gasteiger charge is -2.06. The fraction of sp³-hybridized carbons (Fsp3) is 0.0625. The van der Waals surface area contributed by atoms with Crippen molar-refractivity contribution < 1.29 is 14.6 Å². The van der Waals surface area contributed by atoms with Crippen LogP contribution in [0.2, 0.25) is 0 Å². The van der Waals surface area contributed by atoms with Gasteiger partial charge in [0.25, 0.3) is 0 Å². The van der Waals surface area contributed by atoms with E-state index in [0.29, 0.717) is 17.7 Å². The average Bonchev–Trinajstić information content (AvgIpc) is 2.91. The second-order valence-corrected chi connectivity index (χ2v) is 4.41. The molecule has 0 bridgehead atoms. The highest BCUT2D eigenvalue weighted by Crippen LogP contribution is 2.11. The molecular formula is C16H12NO3. The Labute approximate surface area is 115 Å². The quantitative estimate of drug-likeness (QED) is 0.907. The van der Waals surface area contributed by atoms with E-state index in [-0.39, 0.29) is 6.04 Å². The Morgan fingerprint density at radius 3 is 2.65 bits per heavy atom. The molecule has 1 aliphatic rings. The van der Waals surface area contributed by atoms with E-state index >= 15 is 0 Å². The van der Waals surface area contributed by atoms with Gasteiger partial charge in [-0.2, -0.15) is 0 Å². The number of benzene rings is 2. The largest absolute Gasteiger partial charge is 0.488 e. The molecule has 2 aromatic carbocycles. The minimum atomic E-state index is -1.03. The molecule has 0 saturated carbocycles. The van der Waals surface area contributed by atoms with Crippen LogP contribution in [0.5, 0.6) is 5.75 Å². The molecule has 0 unspecified atom stereocenters. The minimum absolute atomic E-state index is 0.0377. The fourth-order valence-electron chi connectivity index (χ4n) is 2.04. The van der Waals surface area contributed by atoms with Crippen molar-refractivity contribution in [3.8, 4) is 5.75 Å². The first-order valence-electron chi connectivity index (χ1n) is 6.20. The van der Waals surface area contributed by atoms with Crippen LogP contribution < -0.4 is 15.3 Å². The zero-order valence-electron chi connectivity index (χ0n) is 10.6. The van der Waals surface area contributed by atoms with E-state index in [2.05, 4.69) is 4.99 Å². The zero-order valence-corrected chi connectivity index (χ0v) is 10.6. The minimum Gasteiger partial charge on any atom is -0.488 e. The van der Waals surface area contributed by atoms with E-state index in [4.69, 9.17) is 9.84 Å². The third kappa shape index (κ3) is 2.40. The van der Waals surface area contributed by atoms with Gasteiger partial charge < -0.3 is 9.84 Å². The van der Waals surface area contributed by atoms with Gasteiger partial charge in [0.15, 0.2) is 0 Å². The van der Waals surface area contributed by atoms with Gasteiger partial charge in [0.2, 0.25) is 6.04 Å². The molecule has 20 heavy (non-hydrogen) atoms. The summed E-state index contributed by atoms with van der Waals surface area (Å²) < 4.78 is 5.77. The number of hydrogen-bond donors (Lipinski definition) is 1. The van der Waals surface area contributed by atoms with E-state index in [1.165, 1.54) is 6.08 Å². The predicted molar refractivity (Wildman–Crippen MR) is 73.3 cm³/mol. The second kappa shape index (κ2) is 5.17. The standard InChI is InChI=1S/C16H12NO3/c18-16(19)14-9-12-13(17-14)7-4-8-15(12)20-10-11-5-2-1-3-6-11/h1-9H,10H2,(H,18,19). The first-order chi connectivity index (χ1) is 9.74. The summed E-state index contributed by atoms with van der Waals surface area (Å²) in [6.45, 7) is 0.438. The number of aliphatic carboxylic acids is 1. The summed E-state index contributed by atoms with van der Waals surface area (Å²) in [5.74, 6) is -0.387. The summed E-state index contributed by atoms with van der Waals surface area (Å²) >= 11 is 0. The molecule has 0 aliphatic carbocycles. The molecule has 2 aromatic rings. The van der Waals surface area contributed by atoms with Crippen molar-refractivity contribution in [2.75, 3.05) is 0 Å². The number of carboxylic acid groups (broad SMARTS) is 1. The lowest BCUT2D eigenvalue weighted by atomic mass is 10.2. The van der Waals surface area contributed by atoms with Gasteiger partial charge in [-0.15, -0.1) is 0 Å². The number of carboxylic acids is 1. The highest BCUT2D eigenvalue weighted by atomic mass is 16.5. The molecule has 0 saturated heterocycles. The van der Waals surface area contributed by atoms with E-state index in [0.717, 1.165) is 10.8 Å². The molecular weight excluding hydrogens is 254 g/mol. The predicted octanol–water partition coefficient (Wildman–Crippen LogP) is 1.30. The molecule has 0 amide bonds. The number of nitrogens with zero attached hydrogens (tertiary/aromatic N) is 1. The van der Waals surface area contributed by atoms with Crippen LogP contribution in [-0.2, 0) is 11.4 Å². The first kappa shape index (κ1) is 12.4. The van der Waals surface area contributed by atoms with Crippen molar-refractivity contribution in [1.29, 1.82) is 0 Å². The summed E-state index contributed by atoms with van der Waals surface area (Å²) in [5.41, 5.74) is 1.06. The third-order valence-corrected chi connectivity index (χ3v) is 3.02. The molecule has 0 atom stereocenters. The van der Waals surface area contributed by atoms with Gasteiger partial charge in [-0.25, -0.2) is 4.79 Å². The Balaban J connectivity index is 1.87. The first-order valence-corrected chi connectivity index (χ1v) is 6.20. The molecule has 3 rings (SSSR count). The van der Waals surface area contributed by atoms with Crippen LogP contribution in [0.15, 0.2) is 53.5 Å². The van der Waals surface area contributed by atoms with Gasteiger partial charge in [-0.05, 0) is 23.8 Å². The van der Waals surface area contributed by atoms with Gasteiger partial charge in [-0.1, -0.05) is 36.4 Å². The third-order valence-electron chi connectivity index (χ3n) is 3.02. The van der Waals surface area contributed by atoms with Gasteiger partial charge in [-0.3, -0.25) is 4.99 Å². The second-order valence-electron chi connectivity index (χ2n) is 4.41. The Kier molecular flexibility index (Phi) is 3.21. The Bertz CT molecular complexity index is 753. The number of rotatable bonds is 4. The normalized spacial score (nSPS) is 13.2. The molecule has 99 valence electrons. The Morgan fingerprint density at radius 2 is 1.90 bits per heavy atom. The van der Waals surface area contributed by atoms with Crippen LogP contribution in [0.25, 0.3) is 6.08 Å². The number of carbonyl (C=O) groups is 1. The number of fused-ring (bicyclic) bond motifs is 1. The molecule has 4 nitrogen and oxygen atoms in total. The van der Waals surface area contributed by atoms with Crippen molar-refractivity contribution in [3.05, 3.63) is 70.7 Å². The van der Waals surface area contributed by atoms with Crippen molar-refractivity contribution in [2.45, 2.75) is 6.61 Å². The zero-order chi connectivity index (χ0) is 13.9.